The highest BCUT2D eigenvalue weighted by Crippen LogP contribution is 2.10. The largest absolute Gasteiger partial charge is 0.454 e. The summed E-state index contributed by atoms with van der Waals surface area (Å²) >= 11 is 0. The van der Waals surface area contributed by atoms with Crippen molar-refractivity contribution >= 4 is 5.91 Å². The maximum absolute atomic E-state index is 12.2. The van der Waals surface area contributed by atoms with Gasteiger partial charge >= 0.3 is 0 Å². The Morgan fingerprint density at radius 2 is 2.00 bits per heavy atom. The molecule has 3 rings (SSSR count). The molecule has 0 radical (unpaired) electrons. The summed E-state index contributed by atoms with van der Waals surface area (Å²) in [5.74, 6) is 0.522. The van der Waals surface area contributed by atoms with Crippen molar-refractivity contribution in [3.8, 4) is 0 Å². The number of amides is 1. The third-order valence-electron chi connectivity index (χ3n) is 3.65. The molecule has 24 heavy (non-hydrogen) atoms. The zero-order valence-corrected chi connectivity index (χ0v) is 13.4. The van der Waals surface area contributed by atoms with E-state index in [-0.39, 0.29) is 17.2 Å². The van der Waals surface area contributed by atoms with Crippen LogP contribution in [-0.2, 0) is 13.1 Å². The van der Waals surface area contributed by atoms with Crippen LogP contribution in [0.1, 0.15) is 27.4 Å². The van der Waals surface area contributed by atoms with Crippen molar-refractivity contribution in [1.82, 2.24) is 9.88 Å². The summed E-state index contributed by atoms with van der Waals surface area (Å²) in [6.07, 6.45) is 1.68. The van der Waals surface area contributed by atoms with Gasteiger partial charge < -0.3 is 14.3 Å². The van der Waals surface area contributed by atoms with Gasteiger partial charge in [0.1, 0.15) is 5.76 Å². The van der Waals surface area contributed by atoms with Crippen LogP contribution in [0, 0.1) is 6.92 Å². The molecule has 5 heteroatoms. The van der Waals surface area contributed by atoms with Crippen LogP contribution in [0.5, 0.6) is 0 Å². The number of carbonyl (C=O) groups excluding carboxylic acids is 1. The Labute approximate surface area is 139 Å². The van der Waals surface area contributed by atoms with E-state index in [2.05, 4.69) is 5.32 Å². The van der Waals surface area contributed by atoms with E-state index in [4.69, 9.17) is 4.42 Å². The second-order valence-corrected chi connectivity index (χ2v) is 5.60. The average molecular weight is 322 g/mol. The molecular weight excluding hydrogens is 304 g/mol. The minimum Gasteiger partial charge on any atom is -0.454 e. The van der Waals surface area contributed by atoms with E-state index in [0.29, 0.717) is 18.8 Å². The predicted octanol–water partition coefficient (Wildman–Crippen LogP) is 2.73. The Kier molecular flexibility index (Phi) is 4.61. The van der Waals surface area contributed by atoms with Crippen LogP contribution in [0.3, 0.4) is 0 Å². The van der Waals surface area contributed by atoms with Gasteiger partial charge in [-0.3, -0.25) is 9.59 Å². The fraction of sp³-hybridized carbons (Fsp3) is 0.158. The fourth-order valence-electron chi connectivity index (χ4n) is 2.44. The first-order chi connectivity index (χ1) is 11.6. The first kappa shape index (κ1) is 15.8. The van der Waals surface area contributed by atoms with Crippen LogP contribution in [0.4, 0.5) is 0 Å². The van der Waals surface area contributed by atoms with Crippen LogP contribution in [-0.4, -0.2) is 10.5 Å². The second-order valence-electron chi connectivity index (χ2n) is 5.60. The molecule has 0 aliphatic heterocycles. The van der Waals surface area contributed by atoms with Crippen LogP contribution < -0.4 is 10.9 Å². The highest BCUT2D eigenvalue weighted by atomic mass is 16.4. The average Bonchev–Trinajstić information content (AvgIpc) is 3.04. The van der Waals surface area contributed by atoms with Crippen molar-refractivity contribution in [2.24, 2.45) is 0 Å². The number of nitrogens with zero attached hydrogens (tertiary/aromatic N) is 1. The van der Waals surface area contributed by atoms with Gasteiger partial charge in [-0.15, -0.1) is 0 Å². The summed E-state index contributed by atoms with van der Waals surface area (Å²) in [7, 11) is 0. The molecule has 122 valence electrons. The fourth-order valence-corrected chi connectivity index (χ4v) is 2.44. The lowest BCUT2D eigenvalue weighted by molar-refractivity contribution is 0.0921. The minimum absolute atomic E-state index is 0.112. The molecule has 1 N–H and O–H groups in total. The Balaban J connectivity index is 1.63. The number of furan rings is 1. The van der Waals surface area contributed by atoms with E-state index in [1.165, 1.54) is 10.6 Å². The number of hydrogen-bond acceptors (Lipinski definition) is 3. The zero-order chi connectivity index (χ0) is 16.9. The summed E-state index contributed by atoms with van der Waals surface area (Å²) in [6.45, 7) is 2.75. The van der Waals surface area contributed by atoms with E-state index >= 15 is 0 Å². The van der Waals surface area contributed by atoms with E-state index in [1.807, 2.05) is 31.2 Å². The van der Waals surface area contributed by atoms with Gasteiger partial charge in [-0.05, 0) is 30.7 Å². The summed E-state index contributed by atoms with van der Waals surface area (Å²) < 4.78 is 7.07. The van der Waals surface area contributed by atoms with E-state index < -0.39 is 0 Å². The number of rotatable bonds is 5. The Morgan fingerprint density at radius 3 is 2.79 bits per heavy atom. The molecule has 5 nitrogen and oxygen atoms in total. The quantitative estimate of drug-likeness (QED) is 0.785. The topological polar surface area (TPSA) is 64.2 Å². The van der Waals surface area contributed by atoms with Crippen molar-refractivity contribution in [3.05, 3.63) is 93.8 Å². The van der Waals surface area contributed by atoms with Gasteiger partial charge in [-0.2, -0.15) is 0 Å². The standard InChI is InChI=1S/C19H18N2O3/c1-14-5-4-6-15(11-14)12-20-19(23)17-9-8-16(24-17)13-21-10-3-2-7-18(21)22/h2-11H,12-13H2,1H3,(H,20,23). The number of benzene rings is 1. The molecule has 0 aliphatic rings. The molecule has 0 saturated heterocycles. The number of hydrogen-bond donors (Lipinski definition) is 1. The van der Waals surface area contributed by atoms with Crippen molar-refractivity contribution < 1.29 is 9.21 Å². The molecule has 0 unspecified atom stereocenters. The molecule has 0 fully saturated rings. The number of nitrogens with one attached hydrogen (secondary N) is 1. The van der Waals surface area contributed by atoms with E-state index in [0.717, 1.165) is 11.1 Å². The van der Waals surface area contributed by atoms with Gasteiger partial charge in [0.2, 0.25) is 0 Å². The molecule has 1 amide bonds. The highest BCUT2D eigenvalue weighted by molar-refractivity contribution is 5.91. The first-order valence-corrected chi connectivity index (χ1v) is 7.70. The Hall–Kier alpha value is -3.08. The molecule has 2 heterocycles. The SMILES string of the molecule is Cc1cccc(CNC(=O)c2ccc(Cn3ccccc3=O)o2)c1. The van der Waals surface area contributed by atoms with Crippen molar-refractivity contribution in [2.45, 2.75) is 20.0 Å². The molecule has 0 bridgehead atoms. The van der Waals surface area contributed by atoms with Gasteiger partial charge in [-0.1, -0.05) is 35.9 Å². The Morgan fingerprint density at radius 1 is 1.12 bits per heavy atom. The molecule has 0 aliphatic carbocycles. The smallest absolute Gasteiger partial charge is 0.287 e. The van der Waals surface area contributed by atoms with E-state index in [1.54, 1.807) is 30.5 Å². The van der Waals surface area contributed by atoms with Crippen molar-refractivity contribution in [3.63, 3.8) is 0 Å². The molecule has 2 aromatic heterocycles. The predicted molar refractivity (Wildman–Crippen MR) is 90.9 cm³/mol. The summed E-state index contributed by atoms with van der Waals surface area (Å²) in [6, 6.07) is 16.2. The minimum atomic E-state index is -0.275. The maximum atomic E-state index is 12.2. The number of carbonyl (C=O) groups is 1. The van der Waals surface area contributed by atoms with Crippen LogP contribution in [0.15, 0.2) is 70.0 Å². The highest BCUT2D eigenvalue weighted by Gasteiger charge is 2.11. The first-order valence-electron chi connectivity index (χ1n) is 7.70. The lowest BCUT2D eigenvalue weighted by atomic mass is 10.1. The molecule has 3 aromatic rings. The second kappa shape index (κ2) is 7.00. The van der Waals surface area contributed by atoms with Crippen molar-refractivity contribution in [1.29, 1.82) is 0 Å². The summed E-state index contributed by atoms with van der Waals surface area (Å²) in [5.41, 5.74) is 2.07. The van der Waals surface area contributed by atoms with Crippen LogP contribution in [0.25, 0.3) is 0 Å². The lowest BCUT2D eigenvalue weighted by Gasteiger charge is -2.05. The van der Waals surface area contributed by atoms with Gasteiger partial charge in [0.15, 0.2) is 5.76 Å². The molecule has 0 atom stereocenters. The summed E-state index contributed by atoms with van der Waals surface area (Å²) in [4.78, 5) is 23.9. The third-order valence-corrected chi connectivity index (χ3v) is 3.65. The normalized spacial score (nSPS) is 10.5. The number of aromatic nitrogens is 1. The molecule has 0 saturated carbocycles. The monoisotopic (exact) mass is 322 g/mol. The van der Waals surface area contributed by atoms with Gasteiger partial charge in [0, 0.05) is 18.8 Å². The molecule has 1 aromatic carbocycles. The maximum Gasteiger partial charge on any atom is 0.287 e. The van der Waals surface area contributed by atoms with Gasteiger partial charge in [0.25, 0.3) is 11.5 Å². The summed E-state index contributed by atoms with van der Waals surface area (Å²) in [5, 5.41) is 2.83. The van der Waals surface area contributed by atoms with Crippen LogP contribution in [0.2, 0.25) is 0 Å². The van der Waals surface area contributed by atoms with Crippen LogP contribution >= 0.6 is 0 Å². The molecular formula is C19H18N2O3. The Bertz CT molecular complexity index is 908. The van der Waals surface area contributed by atoms with E-state index in [9.17, 15) is 9.59 Å². The van der Waals surface area contributed by atoms with Crippen molar-refractivity contribution in [2.75, 3.05) is 0 Å². The zero-order valence-electron chi connectivity index (χ0n) is 13.4. The number of aryl methyl sites for hydroxylation is 1. The van der Waals surface area contributed by atoms with Gasteiger partial charge in [0.05, 0.1) is 6.54 Å². The lowest BCUT2D eigenvalue weighted by Crippen LogP contribution is -2.22. The third kappa shape index (κ3) is 3.81. The molecule has 0 spiro atoms. The van der Waals surface area contributed by atoms with Gasteiger partial charge in [-0.25, -0.2) is 0 Å². The number of pyridine rings is 1.